The predicted octanol–water partition coefficient (Wildman–Crippen LogP) is 11.5. The Bertz CT molecular complexity index is 450. The van der Waals surface area contributed by atoms with Crippen molar-refractivity contribution >= 4 is 5.97 Å². The van der Waals surface area contributed by atoms with E-state index < -0.39 is 0 Å². The van der Waals surface area contributed by atoms with Gasteiger partial charge in [-0.2, -0.15) is 0 Å². The standard InChI is InChI=1S/C19H38.C14H26O2/c1-4-5-6-7-8-9-10-11-12-13-14-15-16-17-18-19(2)3;1-3-4-5-6-7-8-9-10-11-12-13-16-14(2)15/h13-14,19H,4-12,15-18H2,1-3H3;6-7H,3-5,8-13H2,1-2H3/b14-13-;7-6-. The van der Waals surface area contributed by atoms with Gasteiger partial charge in [0.15, 0.2) is 0 Å². The second kappa shape index (κ2) is 33.0. The van der Waals surface area contributed by atoms with E-state index in [1.54, 1.807) is 0 Å². The van der Waals surface area contributed by atoms with Crippen molar-refractivity contribution in [2.75, 3.05) is 6.61 Å². The molecule has 0 rings (SSSR count). The largest absolute Gasteiger partial charge is 0.466 e. The highest BCUT2D eigenvalue weighted by Gasteiger charge is 1.94. The summed E-state index contributed by atoms with van der Waals surface area (Å²) in [6.07, 6.45) is 37.3. The van der Waals surface area contributed by atoms with E-state index in [1.807, 2.05) is 0 Å². The molecule has 0 spiro atoms. The van der Waals surface area contributed by atoms with Crippen LogP contribution in [0.15, 0.2) is 24.3 Å². The smallest absolute Gasteiger partial charge is 0.302 e. The Hall–Kier alpha value is -1.05. The summed E-state index contributed by atoms with van der Waals surface area (Å²) in [5.74, 6) is 0.708. The third-order valence-electron chi connectivity index (χ3n) is 6.25. The van der Waals surface area contributed by atoms with Crippen LogP contribution in [0.5, 0.6) is 0 Å². The highest BCUT2D eigenvalue weighted by Crippen LogP contribution is 2.11. The Morgan fingerprint density at radius 3 is 1.43 bits per heavy atom. The van der Waals surface area contributed by atoms with Crippen molar-refractivity contribution in [2.45, 2.75) is 169 Å². The van der Waals surface area contributed by atoms with Gasteiger partial charge in [-0.05, 0) is 57.3 Å². The molecule has 0 radical (unpaired) electrons. The number of ether oxygens (including phenoxy) is 1. The van der Waals surface area contributed by atoms with Gasteiger partial charge in [0.2, 0.25) is 0 Å². The van der Waals surface area contributed by atoms with Gasteiger partial charge in [0, 0.05) is 6.92 Å². The number of allylic oxidation sites excluding steroid dienone is 4. The van der Waals surface area contributed by atoms with Crippen LogP contribution >= 0.6 is 0 Å². The van der Waals surface area contributed by atoms with Crippen LogP contribution < -0.4 is 0 Å². The van der Waals surface area contributed by atoms with E-state index in [4.69, 9.17) is 4.74 Å². The molecule has 0 aromatic rings. The van der Waals surface area contributed by atoms with Crippen molar-refractivity contribution in [1.29, 1.82) is 0 Å². The Morgan fingerprint density at radius 2 is 0.971 bits per heavy atom. The molecule has 0 unspecified atom stereocenters. The first-order valence-electron chi connectivity index (χ1n) is 15.5. The van der Waals surface area contributed by atoms with E-state index in [-0.39, 0.29) is 5.97 Å². The van der Waals surface area contributed by atoms with Crippen molar-refractivity contribution in [3.63, 3.8) is 0 Å². The van der Waals surface area contributed by atoms with E-state index in [9.17, 15) is 4.79 Å². The summed E-state index contributed by atoms with van der Waals surface area (Å²) >= 11 is 0. The van der Waals surface area contributed by atoms with E-state index in [0.717, 1.165) is 18.8 Å². The summed E-state index contributed by atoms with van der Waals surface area (Å²) in [5, 5.41) is 0. The molecule has 2 nitrogen and oxygen atoms in total. The molecule has 0 bridgehead atoms. The average Bonchev–Trinajstić information content (AvgIpc) is 2.83. The van der Waals surface area contributed by atoms with Gasteiger partial charge in [-0.15, -0.1) is 0 Å². The minimum absolute atomic E-state index is 0.168. The van der Waals surface area contributed by atoms with E-state index >= 15 is 0 Å². The molecule has 2 heteroatoms. The van der Waals surface area contributed by atoms with Crippen LogP contribution in [-0.2, 0) is 9.53 Å². The Kier molecular flexibility index (Phi) is 34.0. The Balaban J connectivity index is 0. The van der Waals surface area contributed by atoms with Gasteiger partial charge in [-0.1, -0.05) is 135 Å². The lowest BCUT2D eigenvalue weighted by molar-refractivity contribution is -0.141. The molecule has 0 amide bonds. The zero-order chi connectivity index (χ0) is 26.2. The fraction of sp³-hybridized carbons (Fsp3) is 0.848. The highest BCUT2D eigenvalue weighted by atomic mass is 16.5. The lowest BCUT2D eigenvalue weighted by Crippen LogP contribution is -1.99. The molecule has 0 saturated carbocycles. The van der Waals surface area contributed by atoms with E-state index in [1.165, 1.54) is 129 Å². The van der Waals surface area contributed by atoms with Crippen LogP contribution in [0.4, 0.5) is 0 Å². The van der Waals surface area contributed by atoms with Crippen molar-refractivity contribution in [3.05, 3.63) is 24.3 Å². The number of hydrogen-bond donors (Lipinski definition) is 0. The molecule has 0 aromatic carbocycles. The van der Waals surface area contributed by atoms with Crippen LogP contribution in [0.1, 0.15) is 169 Å². The number of carbonyl (C=O) groups is 1. The first kappa shape index (κ1) is 36.1. The summed E-state index contributed by atoms with van der Waals surface area (Å²) in [7, 11) is 0. The maximum Gasteiger partial charge on any atom is 0.302 e. The van der Waals surface area contributed by atoms with Gasteiger partial charge >= 0.3 is 5.97 Å². The fourth-order valence-corrected chi connectivity index (χ4v) is 3.94. The Labute approximate surface area is 221 Å². The fourth-order valence-electron chi connectivity index (χ4n) is 3.94. The second-order valence-corrected chi connectivity index (χ2v) is 10.6. The molecule has 0 N–H and O–H groups in total. The average molecular weight is 493 g/mol. The lowest BCUT2D eigenvalue weighted by atomic mass is 10.0. The van der Waals surface area contributed by atoms with Crippen molar-refractivity contribution in [1.82, 2.24) is 0 Å². The first-order valence-corrected chi connectivity index (χ1v) is 15.5. The third-order valence-corrected chi connectivity index (χ3v) is 6.25. The SMILES string of the molecule is CCCC/C=C\CCCCCCOC(C)=O.CCCCCCCCCC/C=C\CCCCC(C)C. The number of carbonyl (C=O) groups excluding carboxylic acids is 1. The second-order valence-electron chi connectivity index (χ2n) is 10.6. The molecule has 0 aliphatic rings. The molecule has 0 saturated heterocycles. The lowest BCUT2D eigenvalue weighted by Gasteiger charge is -2.02. The maximum absolute atomic E-state index is 10.5. The number of hydrogen-bond acceptors (Lipinski definition) is 2. The molecule has 0 heterocycles. The van der Waals surface area contributed by atoms with Gasteiger partial charge < -0.3 is 4.74 Å². The molecule has 0 aliphatic carbocycles. The normalized spacial score (nSPS) is 11.4. The summed E-state index contributed by atoms with van der Waals surface area (Å²) in [4.78, 5) is 10.5. The predicted molar refractivity (Wildman–Crippen MR) is 158 cm³/mol. The van der Waals surface area contributed by atoms with Gasteiger partial charge in [0.25, 0.3) is 0 Å². The van der Waals surface area contributed by atoms with Crippen molar-refractivity contribution in [3.8, 4) is 0 Å². The van der Waals surface area contributed by atoms with E-state index in [2.05, 4.69) is 52.0 Å². The first-order chi connectivity index (χ1) is 17.0. The molecular formula is C33H64O2. The monoisotopic (exact) mass is 492 g/mol. The summed E-state index contributed by atoms with van der Waals surface area (Å²) in [6.45, 7) is 11.2. The van der Waals surface area contributed by atoms with Crippen LogP contribution in [0.3, 0.4) is 0 Å². The van der Waals surface area contributed by atoms with Gasteiger partial charge in [-0.25, -0.2) is 0 Å². The molecule has 208 valence electrons. The van der Waals surface area contributed by atoms with Gasteiger partial charge in [0.1, 0.15) is 0 Å². The number of unbranched alkanes of at least 4 members (excludes halogenated alkanes) is 16. The molecule has 0 aliphatic heterocycles. The molecule has 35 heavy (non-hydrogen) atoms. The number of esters is 1. The van der Waals surface area contributed by atoms with E-state index in [0.29, 0.717) is 6.61 Å². The topological polar surface area (TPSA) is 26.3 Å². The third kappa shape index (κ3) is 40.4. The van der Waals surface area contributed by atoms with Crippen molar-refractivity contribution in [2.24, 2.45) is 5.92 Å². The summed E-state index contributed by atoms with van der Waals surface area (Å²) in [5.41, 5.74) is 0. The molecule has 0 aromatic heterocycles. The van der Waals surface area contributed by atoms with Crippen LogP contribution in [0.25, 0.3) is 0 Å². The van der Waals surface area contributed by atoms with Crippen LogP contribution in [0.2, 0.25) is 0 Å². The molecule has 0 fully saturated rings. The molecular weight excluding hydrogens is 428 g/mol. The zero-order valence-corrected chi connectivity index (χ0v) is 24.8. The summed E-state index contributed by atoms with van der Waals surface area (Å²) < 4.78 is 4.86. The minimum atomic E-state index is -0.168. The van der Waals surface area contributed by atoms with Gasteiger partial charge in [0.05, 0.1) is 6.61 Å². The highest BCUT2D eigenvalue weighted by molar-refractivity contribution is 5.65. The Morgan fingerprint density at radius 1 is 0.571 bits per heavy atom. The van der Waals surface area contributed by atoms with Crippen LogP contribution in [0, 0.1) is 5.92 Å². The number of rotatable bonds is 24. The molecule has 0 atom stereocenters. The summed E-state index contributed by atoms with van der Waals surface area (Å²) in [6, 6.07) is 0. The van der Waals surface area contributed by atoms with Crippen LogP contribution in [-0.4, -0.2) is 12.6 Å². The maximum atomic E-state index is 10.5. The quantitative estimate of drug-likeness (QED) is 0.0760. The van der Waals surface area contributed by atoms with Crippen molar-refractivity contribution < 1.29 is 9.53 Å². The minimum Gasteiger partial charge on any atom is -0.466 e. The van der Waals surface area contributed by atoms with Gasteiger partial charge in [-0.3, -0.25) is 4.79 Å². The zero-order valence-electron chi connectivity index (χ0n) is 24.8.